The van der Waals surface area contributed by atoms with Crippen LogP contribution < -0.4 is 10.5 Å². The van der Waals surface area contributed by atoms with Crippen LogP contribution >= 0.6 is 0 Å². The van der Waals surface area contributed by atoms with Crippen molar-refractivity contribution in [3.8, 4) is 5.75 Å². The van der Waals surface area contributed by atoms with Gasteiger partial charge in [0, 0.05) is 5.54 Å². The molecule has 1 aromatic rings. The van der Waals surface area contributed by atoms with Crippen molar-refractivity contribution in [2.24, 2.45) is 5.73 Å². The van der Waals surface area contributed by atoms with Crippen molar-refractivity contribution in [1.82, 2.24) is 0 Å². The Balaban J connectivity index is 1.95. The molecule has 2 heteroatoms. The molecule has 3 rings (SSSR count). The Labute approximate surface area is 96.8 Å². The molecule has 0 amide bonds. The lowest BCUT2D eigenvalue weighted by Gasteiger charge is -2.33. The van der Waals surface area contributed by atoms with Crippen molar-refractivity contribution in [3.05, 3.63) is 29.3 Å². The van der Waals surface area contributed by atoms with Gasteiger partial charge < -0.3 is 10.5 Å². The van der Waals surface area contributed by atoms with E-state index in [0.29, 0.717) is 0 Å². The third-order valence-corrected chi connectivity index (χ3v) is 3.81. The van der Waals surface area contributed by atoms with E-state index < -0.39 is 0 Å². The van der Waals surface area contributed by atoms with Crippen LogP contribution in [0, 0.1) is 0 Å². The number of hydrogen-bond acceptors (Lipinski definition) is 2. The van der Waals surface area contributed by atoms with Gasteiger partial charge in [-0.1, -0.05) is 12.1 Å². The molecule has 0 atom stereocenters. The summed E-state index contributed by atoms with van der Waals surface area (Å²) in [4.78, 5) is 0. The Bertz CT molecular complexity index is 432. The summed E-state index contributed by atoms with van der Waals surface area (Å²) in [5.41, 5.74) is 8.78. The molecule has 0 spiro atoms. The van der Waals surface area contributed by atoms with Crippen molar-refractivity contribution < 1.29 is 4.74 Å². The van der Waals surface area contributed by atoms with E-state index in [9.17, 15) is 0 Å². The molecule has 0 aromatic heterocycles. The highest BCUT2D eigenvalue weighted by atomic mass is 16.5. The minimum Gasteiger partial charge on any atom is -0.488 e. The quantitative estimate of drug-likeness (QED) is 0.785. The SMILES string of the molecule is CC1(C)CCc2cc(C3(N)CC3)ccc2O1. The lowest BCUT2D eigenvalue weighted by atomic mass is 9.92. The molecule has 1 saturated carbocycles. The topological polar surface area (TPSA) is 35.2 Å². The van der Waals surface area contributed by atoms with Gasteiger partial charge in [-0.2, -0.15) is 0 Å². The van der Waals surface area contributed by atoms with Gasteiger partial charge in [-0.15, -0.1) is 0 Å². The van der Waals surface area contributed by atoms with Crippen LogP contribution in [0.4, 0.5) is 0 Å². The van der Waals surface area contributed by atoms with Crippen molar-refractivity contribution in [1.29, 1.82) is 0 Å². The second-order valence-corrected chi connectivity index (χ2v) is 5.84. The third kappa shape index (κ3) is 1.61. The van der Waals surface area contributed by atoms with Crippen molar-refractivity contribution in [3.63, 3.8) is 0 Å². The molecule has 2 N–H and O–H groups in total. The minimum atomic E-state index is -0.0258. The maximum Gasteiger partial charge on any atom is 0.123 e. The van der Waals surface area contributed by atoms with Gasteiger partial charge in [0.15, 0.2) is 0 Å². The van der Waals surface area contributed by atoms with Gasteiger partial charge in [0.25, 0.3) is 0 Å². The van der Waals surface area contributed by atoms with Crippen LogP contribution in [0.25, 0.3) is 0 Å². The van der Waals surface area contributed by atoms with Crippen LogP contribution in [0.1, 0.15) is 44.2 Å². The van der Waals surface area contributed by atoms with Crippen LogP contribution in [0.5, 0.6) is 5.75 Å². The highest BCUT2D eigenvalue weighted by Crippen LogP contribution is 2.44. The van der Waals surface area contributed by atoms with Crippen LogP contribution in [0.3, 0.4) is 0 Å². The molecule has 1 heterocycles. The maximum atomic E-state index is 6.21. The summed E-state index contributed by atoms with van der Waals surface area (Å²) >= 11 is 0. The van der Waals surface area contributed by atoms with Crippen LogP contribution in [0.15, 0.2) is 18.2 Å². The summed E-state index contributed by atoms with van der Waals surface area (Å²) in [6, 6.07) is 6.48. The zero-order valence-corrected chi connectivity index (χ0v) is 10.0. The highest BCUT2D eigenvalue weighted by molar-refractivity contribution is 5.43. The van der Waals surface area contributed by atoms with Gasteiger partial charge in [-0.3, -0.25) is 0 Å². The average Bonchev–Trinajstić information content (AvgIpc) is 2.96. The predicted octanol–water partition coefficient (Wildman–Crippen LogP) is 2.74. The first-order valence-electron chi connectivity index (χ1n) is 6.10. The van der Waals surface area contributed by atoms with E-state index in [4.69, 9.17) is 10.5 Å². The van der Waals surface area contributed by atoms with E-state index in [0.717, 1.165) is 31.4 Å². The molecule has 16 heavy (non-hydrogen) atoms. The molecule has 1 aromatic carbocycles. The summed E-state index contributed by atoms with van der Waals surface area (Å²) in [6.45, 7) is 4.30. The fourth-order valence-corrected chi connectivity index (χ4v) is 2.39. The number of hydrogen-bond donors (Lipinski definition) is 1. The Kier molecular flexibility index (Phi) is 1.91. The first kappa shape index (κ1) is 10.2. The largest absolute Gasteiger partial charge is 0.488 e. The monoisotopic (exact) mass is 217 g/mol. The van der Waals surface area contributed by atoms with Gasteiger partial charge >= 0.3 is 0 Å². The normalized spacial score (nSPS) is 24.4. The summed E-state index contributed by atoms with van der Waals surface area (Å²) in [7, 11) is 0. The molecule has 1 aliphatic heterocycles. The Morgan fingerprint density at radius 1 is 1.19 bits per heavy atom. The second-order valence-electron chi connectivity index (χ2n) is 5.84. The number of ether oxygens (including phenoxy) is 1. The lowest BCUT2D eigenvalue weighted by molar-refractivity contribution is 0.0846. The maximum absolute atomic E-state index is 6.21. The van der Waals surface area contributed by atoms with E-state index in [1.807, 2.05) is 0 Å². The van der Waals surface area contributed by atoms with Gasteiger partial charge in [0.2, 0.25) is 0 Å². The molecule has 1 fully saturated rings. The fraction of sp³-hybridized carbons (Fsp3) is 0.571. The number of benzene rings is 1. The Hall–Kier alpha value is -1.02. The van der Waals surface area contributed by atoms with Gasteiger partial charge in [-0.25, -0.2) is 0 Å². The van der Waals surface area contributed by atoms with Crippen molar-refractivity contribution >= 4 is 0 Å². The third-order valence-electron chi connectivity index (χ3n) is 3.81. The molecule has 2 nitrogen and oxygen atoms in total. The summed E-state index contributed by atoms with van der Waals surface area (Å²) in [5, 5.41) is 0. The van der Waals surface area contributed by atoms with Crippen molar-refractivity contribution in [2.45, 2.75) is 50.7 Å². The number of rotatable bonds is 1. The summed E-state index contributed by atoms with van der Waals surface area (Å²) in [5.74, 6) is 1.05. The van der Waals surface area contributed by atoms with E-state index in [1.54, 1.807) is 0 Å². The standard InChI is InChI=1S/C14H19NO/c1-13(2)6-5-10-9-11(14(15)7-8-14)3-4-12(10)16-13/h3-4,9H,5-8,15H2,1-2H3. The summed E-state index contributed by atoms with van der Waals surface area (Å²) in [6.07, 6.45) is 4.43. The fourth-order valence-electron chi connectivity index (χ4n) is 2.39. The minimum absolute atomic E-state index is 0.0193. The molecule has 2 aliphatic rings. The lowest BCUT2D eigenvalue weighted by Crippen LogP contribution is -2.32. The van der Waals surface area contributed by atoms with E-state index in [-0.39, 0.29) is 11.1 Å². The van der Waals surface area contributed by atoms with E-state index in [1.165, 1.54) is 11.1 Å². The Morgan fingerprint density at radius 3 is 2.62 bits per heavy atom. The molecule has 0 radical (unpaired) electrons. The number of aryl methyl sites for hydroxylation is 1. The molecular formula is C14H19NO. The predicted molar refractivity (Wildman–Crippen MR) is 64.6 cm³/mol. The molecule has 0 unspecified atom stereocenters. The van der Waals surface area contributed by atoms with Gasteiger partial charge in [0.05, 0.1) is 0 Å². The van der Waals surface area contributed by atoms with Crippen LogP contribution in [-0.4, -0.2) is 5.60 Å². The number of nitrogens with two attached hydrogens (primary N) is 1. The molecule has 0 bridgehead atoms. The average molecular weight is 217 g/mol. The van der Waals surface area contributed by atoms with Crippen molar-refractivity contribution in [2.75, 3.05) is 0 Å². The summed E-state index contributed by atoms with van der Waals surface area (Å²) < 4.78 is 5.97. The zero-order valence-electron chi connectivity index (χ0n) is 10.0. The van der Waals surface area contributed by atoms with Crippen LogP contribution in [0.2, 0.25) is 0 Å². The molecule has 1 aliphatic carbocycles. The Morgan fingerprint density at radius 2 is 1.94 bits per heavy atom. The first-order valence-corrected chi connectivity index (χ1v) is 6.10. The molecular weight excluding hydrogens is 198 g/mol. The van der Waals surface area contributed by atoms with E-state index >= 15 is 0 Å². The zero-order chi connectivity index (χ0) is 11.4. The number of fused-ring (bicyclic) bond motifs is 1. The van der Waals surface area contributed by atoms with Gasteiger partial charge in [0.1, 0.15) is 11.4 Å². The van der Waals surface area contributed by atoms with Gasteiger partial charge in [-0.05, 0) is 56.7 Å². The van der Waals surface area contributed by atoms with Crippen LogP contribution in [-0.2, 0) is 12.0 Å². The first-order chi connectivity index (χ1) is 7.49. The second kappa shape index (κ2) is 3.01. The smallest absolute Gasteiger partial charge is 0.123 e. The highest BCUT2D eigenvalue weighted by Gasteiger charge is 2.40. The molecule has 0 saturated heterocycles. The van der Waals surface area contributed by atoms with E-state index in [2.05, 4.69) is 32.0 Å². The molecule has 86 valence electrons.